The lowest BCUT2D eigenvalue weighted by Gasteiger charge is -2.26. The van der Waals surface area contributed by atoms with Crippen molar-refractivity contribution in [2.45, 2.75) is 33.5 Å². The maximum absolute atomic E-state index is 8.91. The molecule has 0 rings (SSSR count). The molecule has 0 aliphatic heterocycles. The van der Waals surface area contributed by atoms with Crippen molar-refractivity contribution in [3.05, 3.63) is 0 Å². The van der Waals surface area contributed by atoms with Gasteiger partial charge in [0, 0.05) is 26.3 Å². The second-order valence-corrected chi connectivity index (χ2v) is 3.36. The van der Waals surface area contributed by atoms with Crippen LogP contribution in [0.25, 0.3) is 0 Å². The summed E-state index contributed by atoms with van der Waals surface area (Å²) < 4.78 is 10.9. The molecule has 4 nitrogen and oxygen atoms in total. The molecule has 0 aliphatic carbocycles. The van der Waals surface area contributed by atoms with Crippen LogP contribution in [-0.4, -0.2) is 55.8 Å². The predicted octanol–water partition coefficient (Wildman–Crippen LogP) is 1.09. The Morgan fingerprint density at radius 1 is 1.07 bits per heavy atom. The Hall–Kier alpha value is -0.160. The monoisotopic (exact) mass is 219 g/mol. The van der Waals surface area contributed by atoms with Crippen molar-refractivity contribution in [3.8, 4) is 0 Å². The molecule has 0 aliphatic rings. The zero-order valence-electron chi connectivity index (χ0n) is 10.2. The molecule has 0 bridgehead atoms. The molecule has 0 unspecified atom stereocenters. The van der Waals surface area contributed by atoms with E-state index in [0.717, 1.165) is 19.5 Å². The summed E-state index contributed by atoms with van der Waals surface area (Å²) in [6.45, 7) is 9.93. The number of aliphatic hydroxyl groups excluding tert-OH is 1. The number of hydrogen-bond donors (Lipinski definition) is 1. The van der Waals surface area contributed by atoms with Gasteiger partial charge < -0.3 is 14.6 Å². The topological polar surface area (TPSA) is 41.9 Å². The third kappa shape index (κ3) is 7.73. The van der Waals surface area contributed by atoms with Gasteiger partial charge in [0.1, 0.15) is 0 Å². The van der Waals surface area contributed by atoms with Gasteiger partial charge >= 0.3 is 0 Å². The molecule has 0 heterocycles. The van der Waals surface area contributed by atoms with Crippen LogP contribution in [0.2, 0.25) is 0 Å². The fourth-order valence-corrected chi connectivity index (χ4v) is 1.49. The van der Waals surface area contributed by atoms with Crippen LogP contribution >= 0.6 is 0 Å². The highest BCUT2D eigenvalue weighted by Crippen LogP contribution is 2.00. The third-order valence-corrected chi connectivity index (χ3v) is 2.07. The van der Waals surface area contributed by atoms with Gasteiger partial charge in [0.2, 0.25) is 0 Å². The molecular weight excluding hydrogens is 194 g/mol. The van der Waals surface area contributed by atoms with E-state index in [0.29, 0.717) is 19.8 Å². The number of aliphatic hydroxyl groups is 1. The number of rotatable bonds is 10. The molecule has 0 aromatic heterocycles. The van der Waals surface area contributed by atoms with Gasteiger partial charge in [0.05, 0.1) is 6.61 Å². The van der Waals surface area contributed by atoms with Gasteiger partial charge in [-0.3, -0.25) is 4.90 Å². The zero-order chi connectivity index (χ0) is 11.5. The minimum Gasteiger partial charge on any atom is -0.395 e. The standard InChI is InChI=1S/C11H25NO3/c1-4-7-12(8-9-13)10-11(14-5-2)15-6-3/h11,13H,4-10H2,1-3H3. The van der Waals surface area contributed by atoms with Gasteiger partial charge in [0.25, 0.3) is 0 Å². The Morgan fingerprint density at radius 3 is 2.07 bits per heavy atom. The highest BCUT2D eigenvalue weighted by molar-refractivity contribution is 4.59. The van der Waals surface area contributed by atoms with Crippen molar-refractivity contribution in [3.63, 3.8) is 0 Å². The van der Waals surface area contributed by atoms with Crippen LogP contribution in [-0.2, 0) is 9.47 Å². The van der Waals surface area contributed by atoms with Crippen LogP contribution in [0.15, 0.2) is 0 Å². The first-order chi connectivity index (χ1) is 7.28. The van der Waals surface area contributed by atoms with Crippen molar-refractivity contribution < 1.29 is 14.6 Å². The molecule has 1 N–H and O–H groups in total. The molecule has 0 aromatic carbocycles. The molecule has 0 amide bonds. The smallest absolute Gasteiger partial charge is 0.170 e. The average Bonchev–Trinajstić information content (AvgIpc) is 2.19. The molecule has 92 valence electrons. The molecule has 0 saturated heterocycles. The summed E-state index contributed by atoms with van der Waals surface area (Å²) in [7, 11) is 0. The van der Waals surface area contributed by atoms with E-state index in [9.17, 15) is 0 Å². The van der Waals surface area contributed by atoms with E-state index in [4.69, 9.17) is 14.6 Å². The SMILES string of the molecule is CCCN(CCO)CC(OCC)OCC. The van der Waals surface area contributed by atoms with Crippen LogP contribution in [0.1, 0.15) is 27.2 Å². The van der Waals surface area contributed by atoms with Gasteiger partial charge in [0.15, 0.2) is 6.29 Å². The summed E-state index contributed by atoms with van der Waals surface area (Å²) >= 11 is 0. The van der Waals surface area contributed by atoms with Crippen LogP contribution < -0.4 is 0 Å². The Balaban J connectivity index is 3.93. The van der Waals surface area contributed by atoms with Crippen molar-refractivity contribution in [2.24, 2.45) is 0 Å². The Morgan fingerprint density at radius 2 is 1.67 bits per heavy atom. The van der Waals surface area contributed by atoms with Gasteiger partial charge in [-0.05, 0) is 26.8 Å². The molecular formula is C11H25NO3. The summed E-state index contributed by atoms with van der Waals surface area (Å²) in [6, 6.07) is 0. The molecule has 0 radical (unpaired) electrons. The summed E-state index contributed by atoms with van der Waals surface area (Å²) in [6.07, 6.45) is 0.906. The molecule has 0 atom stereocenters. The lowest BCUT2D eigenvalue weighted by Crippen LogP contribution is -2.37. The molecule has 4 heteroatoms. The summed E-state index contributed by atoms with van der Waals surface area (Å²) in [5, 5.41) is 8.91. The average molecular weight is 219 g/mol. The first-order valence-corrected chi connectivity index (χ1v) is 5.84. The van der Waals surface area contributed by atoms with Crippen molar-refractivity contribution in [1.82, 2.24) is 4.90 Å². The Bertz CT molecular complexity index is 107. The summed E-state index contributed by atoms with van der Waals surface area (Å²) in [5.74, 6) is 0. The fraction of sp³-hybridized carbons (Fsp3) is 1.00. The van der Waals surface area contributed by atoms with Gasteiger partial charge in [-0.2, -0.15) is 0 Å². The second kappa shape index (κ2) is 10.4. The van der Waals surface area contributed by atoms with Crippen molar-refractivity contribution in [1.29, 1.82) is 0 Å². The van der Waals surface area contributed by atoms with E-state index in [1.54, 1.807) is 0 Å². The highest BCUT2D eigenvalue weighted by atomic mass is 16.7. The zero-order valence-corrected chi connectivity index (χ0v) is 10.2. The highest BCUT2D eigenvalue weighted by Gasteiger charge is 2.13. The molecule has 0 spiro atoms. The van der Waals surface area contributed by atoms with E-state index in [1.807, 2.05) is 13.8 Å². The quantitative estimate of drug-likeness (QED) is 0.558. The van der Waals surface area contributed by atoms with Crippen LogP contribution in [0.5, 0.6) is 0 Å². The number of hydrogen-bond acceptors (Lipinski definition) is 4. The van der Waals surface area contributed by atoms with Crippen LogP contribution in [0.3, 0.4) is 0 Å². The van der Waals surface area contributed by atoms with E-state index in [1.165, 1.54) is 0 Å². The maximum atomic E-state index is 8.91. The summed E-state index contributed by atoms with van der Waals surface area (Å²) in [4.78, 5) is 2.16. The predicted molar refractivity (Wildman–Crippen MR) is 60.9 cm³/mol. The Labute approximate surface area is 93.2 Å². The second-order valence-electron chi connectivity index (χ2n) is 3.36. The van der Waals surface area contributed by atoms with E-state index >= 15 is 0 Å². The first-order valence-electron chi connectivity index (χ1n) is 5.84. The number of nitrogens with zero attached hydrogens (tertiary/aromatic N) is 1. The maximum Gasteiger partial charge on any atom is 0.170 e. The molecule has 0 fully saturated rings. The van der Waals surface area contributed by atoms with Crippen LogP contribution in [0, 0.1) is 0 Å². The largest absolute Gasteiger partial charge is 0.395 e. The van der Waals surface area contributed by atoms with E-state index < -0.39 is 0 Å². The molecule has 15 heavy (non-hydrogen) atoms. The fourth-order valence-electron chi connectivity index (χ4n) is 1.49. The number of ether oxygens (including phenoxy) is 2. The van der Waals surface area contributed by atoms with E-state index in [-0.39, 0.29) is 12.9 Å². The van der Waals surface area contributed by atoms with Gasteiger partial charge in [-0.15, -0.1) is 0 Å². The van der Waals surface area contributed by atoms with Crippen molar-refractivity contribution in [2.75, 3.05) is 39.5 Å². The molecule has 0 saturated carbocycles. The summed E-state index contributed by atoms with van der Waals surface area (Å²) in [5.41, 5.74) is 0. The van der Waals surface area contributed by atoms with Crippen LogP contribution in [0.4, 0.5) is 0 Å². The first kappa shape index (κ1) is 14.8. The molecule has 0 aromatic rings. The minimum atomic E-state index is -0.168. The lowest BCUT2D eigenvalue weighted by molar-refractivity contribution is -0.147. The Kier molecular flexibility index (Phi) is 10.3. The third-order valence-electron chi connectivity index (χ3n) is 2.07. The lowest BCUT2D eigenvalue weighted by atomic mass is 10.4. The normalized spacial score (nSPS) is 11.6. The van der Waals surface area contributed by atoms with E-state index in [2.05, 4.69) is 11.8 Å². The van der Waals surface area contributed by atoms with Crippen molar-refractivity contribution >= 4 is 0 Å². The minimum absolute atomic E-state index is 0.168. The van der Waals surface area contributed by atoms with Gasteiger partial charge in [-0.25, -0.2) is 0 Å². The van der Waals surface area contributed by atoms with Gasteiger partial charge in [-0.1, -0.05) is 6.92 Å².